The third-order valence-corrected chi connectivity index (χ3v) is 6.24. The Hall–Kier alpha value is -4.51. The first-order chi connectivity index (χ1) is 17.6. The lowest BCUT2D eigenvalue weighted by Crippen LogP contribution is -2.36. The van der Waals surface area contributed by atoms with Gasteiger partial charge < -0.3 is 10.1 Å². The largest absolute Gasteiger partial charge is 0.465 e. The maximum Gasteiger partial charge on any atom is 0.319 e. The second kappa shape index (κ2) is 10.4. The zero-order chi connectivity index (χ0) is 24.9. The van der Waals surface area contributed by atoms with Gasteiger partial charge in [-0.05, 0) is 47.5 Å². The average molecular weight is 475 g/mol. The van der Waals surface area contributed by atoms with Crippen LogP contribution in [0.3, 0.4) is 0 Å². The summed E-state index contributed by atoms with van der Waals surface area (Å²) in [5.41, 5.74) is 2.53. The second-order valence-corrected chi connectivity index (χ2v) is 8.58. The highest BCUT2D eigenvalue weighted by molar-refractivity contribution is 6.09. The molecule has 36 heavy (non-hydrogen) atoms. The number of esters is 1. The minimum Gasteiger partial charge on any atom is -0.465 e. The van der Waals surface area contributed by atoms with Crippen LogP contribution in [0.5, 0.6) is 0 Å². The zero-order valence-electron chi connectivity index (χ0n) is 19.9. The van der Waals surface area contributed by atoms with Crippen molar-refractivity contribution < 1.29 is 14.3 Å². The molecule has 2 unspecified atom stereocenters. The van der Waals surface area contributed by atoms with Gasteiger partial charge in [0.2, 0.25) is 0 Å². The van der Waals surface area contributed by atoms with Crippen LogP contribution in [0.4, 0.5) is 5.69 Å². The lowest BCUT2D eigenvalue weighted by atomic mass is 9.87. The molecule has 0 aliphatic rings. The van der Waals surface area contributed by atoms with Crippen molar-refractivity contribution >= 4 is 39.1 Å². The molecule has 0 aliphatic heterocycles. The van der Waals surface area contributed by atoms with Gasteiger partial charge in [0.15, 0.2) is 5.78 Å². The van der Waals surface area contributed by atoms with Crippen molar-refractivity contribution in [2.75, 3.05) is 11.9 Å². The van der Waals surface area contributed by atoms with Crippen LogP contribution >= 0.6 is 0 Å². The molecule has 5 heteroatoms. The Morgan fingerprint density at radius 3 is 2.22 bits per heavy atom. The van der Waals surface area contributed by atoms with Gasteiger partial charge in [-0.1, -0.05) is 84.9 Å². The Morgan fingerprint density at radius 2 is 1.44 bits per heavy atom. The lowest BCUT2D eigenvalue weighted by molar-refractivity contribution is -0.146. The summed E-state index contributed by atoms with van der Waals surface area (Å²) in [5, 5.41) is 6.56. The van der Waals surface area contributed by atoms with E-state index >= 15 is 0 Å². The number of pyridine rings is 1. The van der Waals surface area contributed by atoms with Crippen molar-refractivity contribution in [3.8, 4) is 0 Å². The highest BCUT2D eigenvalue weighted by Crippen LogP contribution is 2.32. The zero-order valence-corrected chi connectivity index (χ0v) is 19.9. The summed E-state index contributed by atoms with van der Waals surface area (Å²) in [7, 11) is 0. The van der Waals surface area contributed by atoms with Crippen molar-refractivity contribution in [2.24, 2.45) is 5.92 Å². The van der Waals surface area contributed by atoms with Crippen LogP contribution in [0.15, 0.2) is 109 Å². The summed E-state index contributed by atoms with van der Waals surface area (Å²) >= 11 is 0. The predicted molar refractivity (Wildman–Crippen MR) is 143 cm³/mol. The van der Waals surface area contributed by atoms with E-state index in [1.54, 1.807) is 13.0 Å². The van der Waals surface area contributed by atoms with Gasteiger partial charge in [-0.15, -0.1) is 0 Å². The number of carbonyl (C=O) groups excluding carboxylic acids is 2. The quantitative estimate of drug-likeness (QED) is 0.156. The van der Waals surface area contributed by atoms with Crippen LogP contribution < -0.4 is 5.32 Å². The summed E-state index contributed by atoms with van der Waals surface area (Å²) in [6.45, 7) is 1.91. The van der Waals surface area contributed by atoms with Crippen LogP contribution in [0.25, 0.3) is 21.7 Å². The highest BCUT2D eigenvalue weighted by Gasteiger charge is 2.38. The molecule has 0 amide bonds. The van der Waals surface area contributed by atoms with Gasteiger partial charge in [-0.25, -0.2) is 4.98 Å². The summed E-state index contributed by atoms with van der Waals surface area (Å²) in [6.07, 6.45) is 0. The van der Waals surface area contributed by atoms with E-state index in [0.29, 0.717) is 5.52 Å². The number of para-hydroxylation sites is 1. The molecular weight excluding hydrogens is 448 g/mol. The van der Waals surface area contributed by atoms with Gasteiger partial charge >= 0.3 is 5.97 Å². The molecule has 4 aromatic carbocycles. The van der Waals surface area contributed by atoms with Gasteiger partial charge in [-0.3, -0.25) is 9.59 Å². The number of Topliss-reactive ketones (excluding diaryl/α,β-unsaturated/α-hetero) is 1. The third kappa shape index (κ3) is 4.82. The number of nitrogens with zero attached hydrogens (tertiary/aromatic N) is 1. The molecule has 5 aromatic rings. The number of rotatable bonds is 8. The second-order valence-electron chi connectivity index (χ2n) is 8.58. The number of benzene rings is 4. The standard InChI is InChI=1S/C31H26N2O3/c1-2-36-31(35)28(30(34)27-19-17-22-11-8-9-15-26(22)33-27)29(23-12-4-3-5-13-23)32-25-18-16-21-10-6-7-14-24(21)20-25/h3-20,28-29,32H,2H2,1H3. The number of ether oxygens (including phenoxy) is 1. The minimum atomic E-state index is -1.13. The van der Waals surface area contributed by atoms with Crippen LogP contribution in [0.1, 0.15) is 29.0 Å². The molecule has 1 heterocycles. The summed E-state index contributed by atoms with van der Waals surface area (Å²) < 4.78 is 5.42. The SMILES string of the molecule is CCOC(=O)C(C(=O)c1ccc2ccccc2n1)C(Nc1ccc2ccccc2c1)c1ccccc1. The highest BCUT2D eigenvalue weighted by atomic mass is 16.5. The van der Waals surface area contributed by atoms with Crippen LogP contribution in [-0.4, -0.2) is 23.3 Å². The van der Waals surface area contributed by atoms with Gasteiger partial charge in [0.05, 0.1) is 18.2 Å². The molecule has 5 rings (SSSR count). The van der Waals surface area contributed by atoms with Crippen molar-refractivity contribution in [3.05, 3.63) is 120 Å². The van der Waals surface area contributed by atoms with Crippen LogP contribution in [0, 0.1) is 5.92 Å². The lowest BCUT2D eigenvalue weighted by Gasteiger charge is -2.27. The molecule has 0 bridgehead atoms. The van der Waals surface area contributed by atoms with Crippen molar-refractivity contribution in [1.82, 2.24) is 4.98 Å². The van der Waals surface area contributed by atoms with Crippen LogP contribution in [-0.2, 0) is 9.53 Å². The van der Waals surface area contributed by atoms with E-state index < -0.39 is 17.9 Å². The monoisotopic (exact) mass is 474 g/mol. The molecule has 0 aliphatic carbocycles. The fourth-order valence-electron chi connectivity index (χ4n) is 4.47. The predicted octanol–water partition coefficient (Wildman–Crippen LogP) is 6.60. The summed E-state index contributed by atoms with van der Waals surface area (Å²) in [4.78, 5) is 31.8. The van der Waals surface area contributed by atoms with Crippen LogP contribution in [0.2, 0.25) is 0 Å². The van der Waals surface area contributed by atoms with E-state index in [4.69, 9.17) is 4.74 Å². The van der Waals surface area contributed by atoms with E-state index in [0.717, 1.165) is 27.4 Å². The molecule has 5 nitrogen and oxygen atoms in total. The van der Waals surface area contributed by atoms with E-state index in [2.05, 4.69) is 10.3 Å². The fraction of sp³-hybridized carbons (Fsp3) is 0.129. The smallest absolute Gasteiger partial charge is 0.319 e. The van der Waals surface area contributed by atoms with E-state index in [-0.39, 0.29) is 18.1 Å². The summed E-state index contributed by atoms with van der Waals surface area (Å²) in [5.74, 6) is -2.10. The number of fused-ring (bicyclic) bond motifs is 2. The third-order valence-electron chi connectivity index (χ3n) is 6.24. The van der Waals surface area contributed by atoms with Gasteiger partial charge in [0.25, 0.3) is 0 Å². The molecule has 178 valence electrons. The maximum atomic E-state index is 13.9. The van der Waals surface area contributed by atoms with E-state index in [1.165, 1.54) is 0 Å². The fourth-order valence-corrected chi connectivity index (χ4v) is 4.47. The number of hydrogen-bond donors (Lipinski definition) is 1. The molecule has 0 fully saturated rings. The molecular formula is C31H26N2O3. The van der Waals surface area contributed by atoms with Crippen molar-refractivity contribution in [3.63, 3.8) is 0 Å². The molecule has 1 N–H and O–H groups in total. The average Bonchev–Trinajstić information content (AvgIpc) is 2.93. The molecule has 0 radical (unpaired) electrons. The first-order valence-corrected chi connectivity index (χ1v) is 12.0. The normalized spacial score (nSPS) is 12.7. The molecule has 1 aromatic heterocycles. The topological polar surface area (TPSA) is 68.3 Å². The maximum absolute atomic E-state index is 13.9. The van der Waals surface area contributed by atoms with Gasteiger partial charge in [0.1, 0.15) is 11.6 Å². The Balaban J connectivity index is 1.59. The number of nitrogens with one attached hydrogen (secondary N) is 1. The first kappa shape index (κ1) is 23.2. The number of anilines is 1. The molecule has 2 atom stereocenters. The van der Waals surface area contributed by atoms with E-state index in [1.807, 2.05) is 103 Å². The number of ketones is 1. The Bertz CT molecular complexity index is 1530. The van der Waals surface area contributed by atoms with Gasteiger partial charge in [0, 0.05) is 11.1 Å². The number of aromatic nitrogens is 1. The number of hydrogen-bond acceptors (Lipinski definition) is 5. The van der Waals surface area contributed by atoms with Crippen molar-refractivity contribution in [2.45, 2.75) is 13.0 Å². The first-order valence-electron chi connectivity index (χ1n) is 12.0. The Labute approximate surface area is 209 Å². The van der Waals surface area contributed by atoms with E-state index in [9.17, 15) is 9.59 Å². The molecule has 0 saturated heterocycles. The Morgan fingerprint density at radius 1 is 0.778 bits per heavy atom. The summed E-state index contributed by atoms with van der Waals surface area (Å²) in [6, 6.07) is 34.0. The van der Waals surface area contributed by atoms with Crippen molar-refractivity contribution in [1.29, 1.82) is 0 Å². The molecule has 0 spiro atoms. The minimum absolute atomic E-state index is 0.172. The molecule has 0 saturated carbocycles. The van der Waals surface area contributed by atoms with Gasteiger partial charge in [-0.2, -0.15) is 0 Å². The number of carbonyl (C=O) groups is 2. The Kier molecular flexibility index (Phi) is 6.72.